The van der Waals surface area contributed by atoms with Crippen LogP contribution in [0.5, 0.6) is 5.75 Å². The van der Waals surface area contributed by atoms with Crippen molar-refractivity contribution >= 4 is 11.6 Å². The van der Waals surface area contributed by atoms with Crippen molar-refractivity contribution in [2.75, 3.05) is 19.1 Å². The third-order valence-electron chi connectivity index (χ3n) is 2.35. The van der Waals surface area contributed by atoms with E-state index >= 15 is 0 Å². The summed E-state index contributed by atoms with van der Waals surface area (Å²) in [6.45, 7) is 0. The van der Waals surface area contributed by atoms with Gasteiger partial charge in [0.1, 0.15) is 0 Å². The minimum absolute atomic E-state index is 0.126. The molecule has 1 amide bonds. The van der Waals surface area contributed by atoms with E-state index in [1.165, 1.54) is 24.1 Å². The molecule has 0 atom stereocenters. The highest BCUT2D eigenvalue weighted by molar-refractivity contribution is 5.92. The van der Waals surface area contributed by atoms with Crippen molar-refractivity contribution in [2.24, 2.45) is 0 Å². The number of anilines is 1. The lowest BCUT2D eigenvalue weighted by Crippen LogP contribution is -2.25. The highest BCUT2D eigenvalue weighted by Gasteiger charge is 2.12. The maximum atomic E-state index is 13.4. The van der Waals surface area contributed by atoms with Gasteiger partial charge in [-0.2, -0.15) is 5.26 Å². The van der Waals surface area contributed by atoms with Gasteiger partial charge in [-0.25, -0.2) is 4.39 Å². The SMILES string of the molecule is COc1ccc(N(C)C(=O)CCC#N)cc1F. The first-order chi connectivity index (χ1) is 8.10. The Morgan fingerprint density at radius 2 is 2.29 bits per heavy atom. The molecule has 90 valence electrons. The van der Waals surface area contributed by atoms with Gasteiger partial charge >= 0.3 is 0 Å². The molecule has 1 rings (SSSR count). The van der Waals surface area contributed by atoms with E-state index in [0.717, 1.165) is 0 Å². The lowest BCUT2D eigenvalue weighted by molar-refractivity contribution is -0.118. The standard InChI is InChI=1S/C12H13FN2O2/c1-15(12(16)4-3-7-14)9-5-6-11(17-2)10(13)8-9/h5-6,8H,3-4H2,1-2H3. The zero-order valence-corrected chi connectivity index (χ0v) is 9.74. The largest absolute Gasteiger partial charge is 0.494 e. The fourth-order valence-electron chi connectivity index (χ4n) is 1.34. The predicted molar refractivity (Wildman–Crippen MR) is 61.2 cm³/mol. The molecular formula is C12H13FN2O2. The molecule has 1 aromatic rings. The number of nitrogens with zero attached hydrogens (tertiary/aromatic N) is 2. The molecule has 0 bridgehead atoms. The van der Waals surface area contributed by atoms with Gasteiger partial charge in [0.15, 0.2) is 11.6 Å². The van der Waals surface area contributed by atoms with Crippen molar-refractivity contribution in [1.82, 2.24) is 0 Å². The Morgan fingerprint density at radius 1 is 1.59 bits per heavy atom. The fourth-order valence-corrected chi connectivity index (χ4v) is 1.34. The van der Waals surface area contributed by atoms with Crippen molar-refractivity contribution < 1.29 is 13.9 Å². The number of ether oxygens (including phenoxy) is 1. The molecule has 17 heavy (non-hydrogen) atoms. The zero-order valence-electron chi connectivity index (χ0n) is 9.74. The van der Waals surface area contributed by atoms with Gasteiger partial charge in [-0.05, 0) is 12.1 Å². The highest BCUT2D eigenvalue weighted by Crippen LogP contribution is 2.23. The number of rotatable bonds is 4. The van der Waals surface area contributed by atoms with Crippen LogP contribution < -0.4 is 9.64 Å². The lowest BCUT2D eigenvalue weighted by atomic mass is 10.2. The zero-order chi connectivity index (χ0) is 12.8. The Hall–Kier alpha value is -2.09. The number of amides is 1. The van der Waals surface area contributed by atoms with E-state index in [9.17, 15) is 9.18 Å². The second-order valence-electron chi connectivity index (χ2n) is 3.43. The predicted octanol–water partition coefficient (Wildman–Crippen LogP) is 2.10. The van der Waals surface area contributed by atoms with Crippen molar-refractivity contribution in [3.8, 4) is 11.8 Å². The molecule has 0 radical (unpaired) electrons. The van der Waals surface area contributed by atoms with E-state index in [1.807, 2.05) is 6.07 Å². The smallest absolute Gasteiger partial charge is 0.227 e. The first-order valence-electron chi connectivity index (χ1n) is 5.07. The Bertz CT molecular complexity index is 454. The average Bonchev–Trinajstić information content (AvgIpc) is 2.34. The van der Waals surface area contributed by atoms with Crippen LogP contribution >= 0.6 is 0 Å². The van der Waals surface area contributed by atoms with Crippen LogP contribution in [-0.2, 0) is 4.79 Å². The van der Waals surface area contributed by atoms with E-state index in [1.54, 1.807) is 13.1 Å². The van der Waals surface area contributed by atoms with E-state index in [0.29, 0.717) is 5.69 Å². The first-order valence-corrected chi connectivity index (χ1v) is 5.07. The number of nitriles is 1. The molecular weight excluding hydrogens is 223 g/mol. The Balaban J connectivity index is 2.82. The highest BCUT2D eigenvalue weighted by atomic mass is 19.1. The van der Waals surface area contributed by atoms with Gasteiger partial charge in [-0.1, -0.05) is 0 Å². The van der Waals surface area contributed by atoms with E-state index in [2.05, 4.69) is 0 Å². The summed E-state index contributed by atoms with van der Waals surface area (Å²) >= 11 is 0. The van der Waals surface area contributed by atoms with E-state index in [-0.39, 0.29) is 24.5 Å². The molecule has 0 aliphatic carbocycles. The molecule has 0 N–H and O–H groups in total. The summed E-state index contributed by atoms with van der Waals surface area (Å²) in [6, 6.07) is 6.16. The quantitative estimate of drug-likeness (QED) is 0.804. The van der Waals surface area contributed by atoms with Crippen molar-refractivity contribution in [3.05, 3.63) is 24.0 Å². The molecule has 0 aromatic heterocycles. The van der Waals surface area contributed by atoms with Crippen molar-refractivity contribution in [1.29, 1.82) is 5.26 Å². The number of hydrogen-bond acceptors (Lipinski definition) is 3. The second kappa shape index (κ2) is 5.85. The molecule has 0 spiro atoms. The maximum Gasteiger partial charge on any atom is 0.227 e. The molecule has 0 saturated carbocycles. The maximum absolute atomic E-state index is 13.4. The second-order valence-corrected chi connectivity index (χ2v) is 3.43. The van der Waals surface area contributed by atoms with Gasteiger partial charge in [-0.15, -0.1) is 0 Å². The minimum atomic E-state index is -0.523. The summed E-state index contributed by atoms with van der Waals surface area (Å²) < 4.78 is 18.2. The molecule has 1 aromatic carbocycles. The van der Waals surface area contributed by atoms with Gasteiger partial charge in [0, 0.05) is 31.6 Å². The summed E-state index contributed by atoms with van der Waals surface area (Å²) in [4.78, 5) is 12.9. The van der Waals surface area contributed by atoms with Gasteiger partial charge in [-0.3, -0.25) is 4.79 Å². The molecule has 0 aliphatic heterocycles. The topological polar surface area (TPSA) is 53.3 Å². The van der Waals surface area contributed by atoms with Crippen LogP contribution in [-0.4, -0.2) is 20.1 Å². The van der Waals surface area contributed by atoms with Gasteiger partial charge < -0.3 is 9.64 Å². The van der Waals surface area contributed by atoms with Crippen LogP contribution in [0.2, 0.25) is 0 Å². The van der Waals surface area contributed by atoms with Crippen LogP contribution in [0.15, 0.2) is 18.2 Å². The lowest BCUT2D eigenvalue weighted by Gasteiger charge is -2.17. The third kappa shape index (κ3) is 3.18. The van der Waals surface area contributed by atoms with Crippen LogP contribution in [0.25, 0.3) is 0 Å². The van der Waals surface area contributed by atoms with Crippen molar-refractivity contribution in [2.45, 2.75) is 12.8 Å². The Labute approximate surface area is 99.2 Å². The van der Waals surface area contributed by atoms with Gasteiger partial charge in [0.25, 0.3) is 0 Å². The summed E-state index contributed by atoms with van der Waals surface area (Å²) in [5.74, 6) is -0.618. The molecule has 0 unspecified atom stereocenters. The Morgan fingerprint density at radius 3 is 2.82 bits per heavy atom. The number of halogens is 1. The van der Waals surface area contributed by atoms with E-state index < -0.39 is 5.82 Å². The number of benzene rings is 1. The summed E-state index contributed by atoms with van der Waals surface area (Å²) in [7, 11) is 2.92. The Kier molecular flexibility index (Phi) is 4.46. The van der Waals surface area contributed by atoms with Crippen LogP contribution in [0, 0.1) is 17.1 Å². The molecule has 0 fully saturated rings. The average molecular weight is 236 g/mol. The monoisotopic (exact) mass is 236 g/mol. The number of carbonyl (C=O) groups excluding carboxylic acids is 1. The number of hydrogen-bond donors (Lipinski definition) is 0. The molecule has 5 heteroatoms. The summed E-state index contributed by atoms with van der Waals surface area (Å²) in [5, 5.41) is 8.38. The summed E-state index contributed by atoms with van der Waals surface area (Å²) in [5.41, 5.74) is 0.436. The normalized spacial score (nSPS) is 9.53. The molecule has 0 heterocycles. The third-order valence-corrected chi connectivity index (χ3v) is 2.35. The molecule has 0 saturated heterocycles. The minimum Gasteiger partial charge on any atom is -0.494 e. The van der Waals surface area contributed by atoms with E-state index in [4.69, 9.17) is 10.00 Å². The summed E-state index contributed by atoms with van der Waals surface area (Å²) in [6.07, 6.45) is 0.280. The molecule has 4 nitrogen and oxygen atoms in total. The van der Waals surface area contributed by atoms with Crippen molar-refractivity contribution in [3.63, 3.8) is 0 Å². The van der Waals surface area contributed by atoms with Gasteiger partial charge in [0.05, 0.1) is 13.2 Å². The fraction of sp³-hybridized carbons (Fsp3) is 0.333. The van der Waals surface area contributed by atoms with Crippen LogP contribution in [0.4, 0.5) is 10.1 Å². The number of carbonyl (C=O) groups is 1. The number of methoxy groups -OCH3 is 1. The first kappa shape index (κ1) is 13.0. The van der Waals surface area contributed by atoms with Crippen LogP contribution in [0.3, 0.4) is 0 Å². The molecule has 0 aliphatic rings. The van der Waals surface area contributed by atoms with Crippen LogP contribution in [0.1, 0.15) is 12.8 Å². The van der Waals surface area contributed by atoms with Gasteiger partial charge in [0.2, 0.25) is 5.91 Å².